The summed E-state index contributed by atoms with van der Waals surface area (Å²) in [5, 5.41) is 4.25. The zero-order valence-electron chi connectivity index (χ0n) is 42.1. The molecular formula is C61H55N3O14. The lowest BCUT2D eigenvalue weighted by atomic mass is 9.96. The van der Waals surface area contributed by atoms with E-state index in [1.165, 1.54) is 36.4 Å². The number of carbonyl (C=O) groups is 4. The summed E-state index contributed by atoms with van der Waals surface area (Å²) in [4.78, 5) is 59.9. The summed E-state index contributed by atoms with van der Waals surface area (Å²) >= 11 is 0. The van der Waals surface area contributed by atoms with Crippen molar-refractivity contribution in [3.8, 4) is 0 Å². The highest BCUT2D eigenvalue weighted by molar-refractivity contribution is 5.91. The van der Waals surface area contributed by atoms with Crippen LogP contribution in [0.15, 0.2) is 217 Å². The van der Waals surface area contributed by atoms with Crippen molar-refractivity contribution in [3.63, 3.8) is 0 Å². The number of carbonyl (C=O) groups excluding carboxylic acids is 4. The van der Waals surface area contributed by atoms with E-state index in [2.05, 4.69) is 10.0 Å². The largest absolute Gasteiger partial charge is 0.459 e. The molecule has 9 atom stereocenters. The van der Waals surface area contributed by atoms with E-state index >= 15 is 0 Å². The molecule has 2 aliphatic rings. The standard InChI is InChI=1S/C61H55N3O14/c62-64-63-51-54(71-38-44-26-12-3-13-27-44)52(70-37-43-24-10-2-11-25-43)49(39-69-36-42-22-8-1-9-23-42)74-60(51)78-61(41-73-57(66)46-30-16-5-17-31-46)55(76-59(68)48-34-20-7-21-35-48)53(75-58(67)47-32-18-6-19-33-47)50(77-61)40-72-56(65)45-28-14-4-15-29-45/h1-35,49-55,60H,36-41H2/t49-,50-,51-,52-,53-,54-,55+,60-,61+/m1/s1. The Labute approximate surface area is 450 Å². The molecule has 2 saturated heterocycles. The van der Waals surface area contributed by atoms with Gasteiger partial charge < -0.3 is 47.4 Å². The molecule has 17 nitrogen and oxygen atoms in total. The van der Waals surface area contributed by atoms with Gasteiger partial charge in [-0.05, 0) is 70.8 Å². The van der Waals surface area contributed by atoms with Crippen molar-refractivity contribution in [1.82, 2.24) is 0 Å². The third-order valence-corrected chi connectivity index (χ3v) is 12.8. The van der Waals surface area contributed by atoms with Crippen LogP contribution in [0.4, 0.5) is 0 Å². The predicted molar refractivity (Wildman–Crippen MR) is 281 cm³/mol. The van der Waals surface area contributed by atoms with Crippen molar-refractivity contribution in [3.05, 3.63) is 262 Å². The molecular weight excluding hydrogens is 999 g/mol. The van der Waals surface area contributed by atoms with Gasteiger partial charge in [-0.2, -0.15) is 0 Å². The second-order valence-corrected chi connectivity index (χ2v) is 18.2. The van der Waals surface area contributed by atoms with Crippen LogP contribution in [0, 0.1) is 0 Å². The topological polar surface area (TPSA) is 209 Å². The number of rotatable bonds is 23. The molecule has 7 aromatic rings. The molecule has 0 aromatic heterocycles. The molecule has 0 unspecified atom stereocenters. The molecule has 7 aromatic carbocycles. The molecule has 0 bridgehead atoms. The van der Waals surface area contributed by atoms with Crippen LogP contribution in [0.2, 0.25) is 0 Å². The molecule has 0 radical (unpaired) electrons. The maximum absolute atomic E-state index is 14.5. The molecule has 0 spiro atoms. The Morgan fingerprint density at radius 2 is 0.897 bits per heavy atom. The van der Waals surface area contributed by atoms with E-state index in [0.29, 0.717) is 0 Å². The lowest BCUT2D eigenvalue weighted by Crippen LogP contribution is -2.64. The lowest BCUT2D eigenvalue weighted by molar-refractivity contribution is -0.370. The highest BCUT2D eigenvalue weighted by Crippen LogP contribution is 2.42. The molecule has 78 heavy (non-hydrogen) atoms. The molecule has 9 rings (SSSR count). The first-order valence-electron chi connectivity index (χ1n) is 25.2. The van der Waals surface area contributed by atoms with E-state index in [4.69, 9.17) is 47.4 Å². The molecule has 2 aliphatic heterocycles. The minimum atomic E-state index is -2.55. The smallest absolute Gasteiger partial charge is 0.338 e. The fraction of sp³-hybridized carbons (Fsp3) is 0.246. The normalized spacial score (nSPS) is 22.5. The van der Waals surface area contributed by atoms with E-state index in [1.807, 2.05) is 91.0 Å². The summed E-state index contributed by atoms with van der Waals surface area (Å²) in [5.74, 6) is -5.99. The van der Waals surface area contributed by atoms with Crippen molar-refractivity contribution in [2.75, 3.05) is 19.8 Å². The molecule has 0 saturated carbocycles. The van der Waals surface area contributed by atoms with Crippen LogP contribution in [0.3, 0.4) is 0 Å². The summed E-state index contributed by atoms with van der Waals surface area (Å²) in [6.45, 7) is -1.43. The predicted octanol–water partition coefficient (Wildman–Crippen LogP) is 10.1. The molecule has 0 aliphatic carbocycles. The molecule has 17 heteroatoms. The SMILES string of the molecule is [N-]=[N+]=N[C@H]1[C@@H](O[C@]2(COC(=O)c3ccccc3)O[C@H](COC(=O)c3ccccc3)[C@@H](OC(=O)c3ccccc3)[C@@H]2OC(=O)c2ccccc2)O[C@H](COCc2ccccc2)[C@@H](OCc2ccccc2)[C@@H]1OCc1ccccc1. The van der Waals surface area contributed by atoms with E-state index in [0.717, 1.165) is 16.7 Å². The number of azide groups is 1. The quantitative estimate of drug-likeness (QED) is 0.0192. The van der Waals surface area contributed by atoms with Crippen molar-refractivity contribution in [2.45, 2.75) is 74.6 Å². The third kappa shape index (κ3) is 14.1. The van der Waals surface area contributed by atoms with Crippen molar-refractivity contribution in [1.29, 1.82) is 0 Å². The minimum Gasteiger partial charge on any atom is -0.459 e. The number of hydrogen-bond acceptors (Lipinski definition) is 15. The summed E-state index contributed by atoms with van der Waals surface area (Å²) in [7, 11) is 0. The Morgan fingerprint density at radius 3 is 1.38 bits per heavy atom. The van der Waals surface area contributed by atoms with E-state index in [-0.39, 0.29) is 48.7 Å². The fourth-order valence-electron chi connectivity index (χ4n) is 8.96. The van der Waals surface area contributed by atoms with Crippen molar-refractivity contribution < 1.29 is 66.5 Å². The highest BCUT2D eigenvalue weighted by Gasteiger charge is 2.64. The Kier molecular flexibility index (Phi) is 18.8. The van der Waals surface area contributed by atoms with Gasteiger partial charge in [0.1, 0.15) is 43.7 Å². The highest BCUT2D eigenvalue weighted by atomic mass is 16.8. The number of nitrogens with zero attached hydrogens (tertiary/aromatic N) is 3. The fourth-order valence-corrected chi connectivity index (χ4v) is 8.96. The molecule has 0 N–H and O–H groups in total. The lowest BCUT2D eigenvalue weighted by Gasteiger charge is -2.47. The first-order chi connectivity index (χ1) is 38.3. The molecule has 2 fully saturated rings. The summed E-state index contributed by atoms with van der Waals surface area (Å²) in [6.07, 6.45) is -10.1. The van der Waals surface area contributed by atoms with Gasteiger partial charge in [-0.15, -0.1) is 0 Å². The van der Waals surface area contributed by atoms with E-state index < -0.39 is 91.8 Å². The summed E-state index contributed by atoms with van der Waals surface area (Å²) < 4.78 is 65.3. The first kappa shape index (κ1) is 54.3. The average Bonchev–Trinajstić information content (AvgIpc) is 3.91. The number of esters is 4. The van der Waals surface area contributed by atoms with Gasteiger partial charge >= 0.3 is 23.9 Å². The van der Waals surface area contributed by atoms with Gasteiger partial charge in [-0.3, -0.25) is 0 Å². The molecule has 398 valence electrons. The van der Waals surface area contributed by atoms with Crippen LogP contribution in [-0.2, 0) is 67.2 Å². The van der Waals surface area contributed by atoms with Crippen molar-refractivity contribution >= 4 is 23.9 Å². The van der Waals surface area contributed by atoms with Crippen LogP contribution in [0.5, 0.6) is 0 Å². The molecule has 0 amide bonds. The average molecular weight is 1050 g/mol. The zero-order valence-corrected chi connectivity index (χ0v) is 42.1. The van der Waals surface area contributed by atoms with E-state index in [9.17, 15) is 24.7 Å². The van der Waals surface area contributed by atoms with Gasteiger partial charge in [-0.25, -0.2) is 19.2 Å². The van der Waals surface area contributed by atoms with Gasteiger partial charge in [0.25, 0.3) is 0 Å². The van der Waals surface area contributed by atoms with Gasteiger partial charge in [0.2, 0.25) is 5.79 Å². The van der Waals surface area contributed by atoms with Gasteiger partial charge in [0.05, 0.1) is 48.7 Å². The number of hydrogen-bond donors (Lipinski definition) is 0. The number of ether oxygens (including phenoxy) is 10. The Morgan fingerprint density at radius 1 is 0.474 bits per heavy atom. The van der Waals surface area contributed by atoms with Crippen LogP contribution in [0.1, 0.15) is 58.1 Å². The first-order valence-corrected chi connectivity index (χ1v) is 25.2. The maximum atomic E-state index is 14.5. The summed E-state index contributed by atoms with van der Waals surface area (Å²) in [5.41, 5.74) is 13.4. The maximum Gasteiger partial charge on any atom is 0.338 e. The minimum absolute atomic E-state index is 0.00151. The number of benzene rings is 7. The second-order valence-electron chi connectivity index (χ2n) is 18.2. The third-order valence-electron chi connectivity index (χ3n) is 12.8. The monoisotopic (exact) mass is 1050 g/mol. The van der Waals surface area contributed by atoms with Crippen LogP contribution >= 0.6 is 0 Å². The molecule has 2 heterocycles. The summed E-state index contributed by atoms with van der Waals surface area (Å²) in [6, 6.07) is 58.9. The van der Waals surface area contributed by atoms with Crippen LogP contribution in [0.25, 0.3) is 10.4 Å². The van der Waals surface area contributed by atoms with E-state index in [1.54, 1.807) is 84.9 Å². The van der Waals surface area contributed by atoms with Crippen LogP contribution in [-0.4, -0.2) is 98.4 Å². The Hall–Kier alpha value is -8.51. The Bertz CT molecular complexity index is 3070. The van der Waals surface area contributed by atoms with Gasteiger partial charge in [-0.1, -0.05) is 169 Å². The second kappa shape index (κ2) is 27.0. The van der Waals surface area contributed by atoms with Crippen molar-refractivity contribution in [2.24, 2.45) is 5.11 Å². The van der Waals surface area contributed by atoms with Gasteiger partial charge in [0.15, 0.2) is 18.5 Å². The Balaban J connectivity index is 1.16. The zero-order chi connectivity index (χ0) is 53.9. The van der Waals surface area contributed by atoms with Crippen LogP contribution < -0.4 is 0 Å². The van der Waals surface area contributed by atoms with Gasteiger partial charge in [0, 0.05) is 4.91 Å².